The molecule has 0 aromatic carbocycles. The third-order valence-corrected chi connectivity index (χ3v) is 0.701. The summed E-state index contributed by atoms with van der Waals surface area (Å²) < 4.78 is 0. The number of rotatable bonds is 1. The first-order valence-corrected chi connectivity index (χ1v) is 3.01. The first-order chi connectivity index (χ1) is 3.13. The Labute approximate surface area is 45.3 Å². The minimum absolute atomic E-state index is 0.840. The molecule has 0 radical (unpaired) electrons. The van der Waals surface area contributed by atoms with E-state index in [0.29, 0.717) is 0 Å². The van der Waals surface area contributed by atoms with Crippen LogP contribution in [0.1, 0.15) is 6.92 Å². The second kappa shape index (κ2) is 2.57. The molecule has 0 aliphatic rings. The molecule has 2 nitrogen and oxygen atoms in total. The molecule has 0 unspecified atom stereocenters. The van der Waals surface area contributed by atoms with E-state index in [-0.39, 0.29) is 0 Å². The average molecular weight is 116 g/mol. The summed E-state index contributed by atoms with van der Waals surface area (Å²) in [6, 6.07) is 0. The Bertz CT molecular complexity index is 102. The van der Waals surface area contributed by atoms with Crippen molar-refractivity contribution in [1.82, 2.24) is 0 Å². The van der Waals surface area contributed by atoms with Gasteiger partial charge in [-0.25, -0.2) is 4.79 Å². The molecule has 7 heavy (non-hydrogen) atoms. The zero-order valence-corrected chi connectivity index (χ0v) is 6.43. The van der Waals surface area contributed by atoms with Crippen molar-refractivity contribution in [2.45, 2.75) is 6.92 Å². The quantitative estimate of drug-likeness (QED) is 0.365. The van der Waals surface area contributed by atoms with Crippen LogP contribution in [0.2, 0.25) is 0 Å². The first kappa shape index (κ1) is 6.43. The van der Waals surface area contributed by atoms with Gasteiger partial charge in [0.15, 0.2) is 0 Å². The molecule has 40 valence electrons. The van der Waals surface area contributed by atoms with E-state index in [2.05, 4.69) is 0 Å². The molecule has 0 saturated carbocycles. The lowest BCUT2D eigenvalue weighted by molar-refractivity contribution is -0.131. The van der Waals surface area contributed by atoms with Crippen molar-refractivity contribution in [2.24, 2.45) is 0 Å². The molecule has 0 saturated heterocycles. The van der Waals surface area contributed by atoms with E-state index in [1.807, 2.05) is 0 Å². The van der Waals surface area contributed by atoms with Crippen LogP contribution >= 0.6 is 0 Å². The van der Waals surface area contributed by atoms with Crippen LogP contribution in [0, 0.1) is 0 Å². The number of carboxylic acid groups (broad SMARTS) is 1. The van der Waals surface area contributed by atoms with Crippen molar-refractivity contribution in [1.29, 1.82) is 0 Å². The maximum Gasteiger partial charge on any atom is 0.327 e. The lowest BCUT2D eigenvalue weighted by Crippen LogP contribution is -1.88. The summed E-state index contributed by atoms with van der Waals surface area (Å²) in [4.78, 5) is 9.76. The molecule has 0 atom stereocenters. The largest absolute Gasteiger partial charge is 0.478 e. The lowest BCUT2D eigenvalue weighted by atomic mass is 10.5. The normalized spacial score (nSPS) is 11.9. The highest BCUT2D eigenvalue weighted by Gasteiger charge is 1.83. The summed E-state index contributed by atoms with van der Waals surface area (Å²) in [6.07, 6.45) is 1.23. The second-order valence-corrected chi connectivity index (χ2v) is 3.14. The minimum atomic E-state index is -0.840. The number of allylic oxidation sites excluding steroid dienone is 1. The SMILES string of the molecule is CC([SiH3])=CC(=O)O. The number of carbonyl (C=O) groups is 1. The number of hydrogen-bond acceptors (Lipinski definition) is 1. The minimum Gasteiger partial charge on any atom is -0.478 e. The van der Waals surface area contributed by atoms with Crippen molar-refractivity contribution in [2.75, 3.05) is 0 Å². The van der Waals surface area contributed by atoms with Gasteiger partial charge in [-0.05, 0) is 6.92 Å². The van der Waals surface area contributed by atoms with Crippen molar-refractivity contribution in [3.05, 3.63) is 11.3 Å². The standard InChI is InChI=1S/C4H8O2Si/c1-3(7)2-4(5)6/h2H,1,7H3,(H,5,6). The van der Waals surface area contributed by atoms with Gasteiger partial charge in [0.25, 0.3) is 0 Å². The van der Waals surface area contributed by atoms with Crippen LogP contribution in [-0.4, -0.2) is 21.3 Å². The topological polar surface area (TPSA) is 37.3 Å². The summed E-state index contributed by atoms with van der Waals surface area (Å²) >= 11 is 0. The third kappa shape index (κ3) is 5.43. The maximum absolute atomic E-state index is 9.76. The fourth-order valence-electron chi connectivity index (χ4n) is 0.247. The average Bonchev–Trinajstić information content (AvgIpc) is 1.27. The zero-order valence-electron chi connectivity index (χ0n) is 4.43. The van der Waals surface area contributed by atoms with Crippen LogP contribution in [0.15, 0.2) is 11.3 Å². The van der Waals surface area contributed by atoms with E-state index in [1.54, 1.807) is 6.92 Å². The Kier molecular flexibility index (Phi) is 2.36. The molecule has 0 spiro atoms. The third-order valence-electron chi connectivity index (χ3n) is 0.412. The number of aliphatic carboxylic acids is 1. The smallest absolute Gasteiger partial charge is 0.327 e. The summed E-state index contributed by atoms with van der Waals surface area (Å²) in [7, 11) is 0.847. The van der Waals surface area contributed by atoms with E-state index < -0.39 is 5.97 Å². The van der Waals surface area contributed by atoms with Crippen LogP contribution in [0.3, 0.4) is 0 Å². The van der Waals surface area contributed by atoms with Gasteiger partial charge >= 0.3 is 5.97 Å². The van der Waals surface area contributed by atoms with Crippen LogP contribution in [0.5, 0.6) is 0 Å². The summed E-state index contributed by atoms with van der Waals surface area (Å²) in [6.45, 7) is 1.81. The molecule has 0 rings (SSSR count). The Balaban J connectivity index is 3.68. The summed E-state index contributed by atoms with van der Waals surface area (Å²) in [5, 5.41) is 8.98. The highest BCUT2D eigenvalue weighted by atomic mass is 28.1. The van der Waals surface area contributed by atoms with Gasteiger partial charge in [0.2, 0.25) is 0 Å². The van der Waals surface area contributed by atoms with Crippen molar-refractivity contribution in [3.63, 3.8) is 0 Å². The molecule has 0 amide bonds. The Morgan fingerprint density at radius 1 is 1.86 bits per heavy atom. The van der Waals surface area contributed by atoms with Gasteiger partial charge in [-0.2, -0.15) is 0 Å². The van der Waals surface area contributed by atoms with Gasteiger partial charge in [0, 0.05) is 16.3 Å². The van der Waals surface area contributed by atoms with E-state index in [0.717, 1.165) is 15.4 Å². The first-order valence-electron chi connectivity index (χ1n) is 2.01. The van der Waals surface area contributed by atoms with Gasteiger partial charge in [-0.3, -0.25) is 0 Å². The predicted octanol–water partition coefficient (Wildman–Crippen LogP) is -0.660. The molecule has 0 bridgehead atoms. The van der Waals surface area contributed by atoms with Crippen LogP contribution in [-0.2, 0) is 4.79 Å². The Hall–Kier alpha value is -0.573. The van der Waals surface area contributed by atoms with Gasteiger partial charge in [-0.15, -0.1) is 0 Å². The van der Waals surface area contributed by atoms with Crippen molar-refractivity contribution in [3.8, 4) is 0 Å². The monoisotopic (exact) mass is 116 g/mol. The Morgan fingerprint density at radius 3 is 2.29 bits per heavy atom. The van der Waals surface area contributed by atoms with Crippen LogP contribution < -0.4 is 0 Å². The van der Waals surface area contributed by atoms with Crippen LogP contribution in [0.25, 0.3) is 0 Å². The van der Waals surface area contributed by atoms with Crippen molar-refractivity contribution >= 4 is 16.2 Å². The lowest BCUT2D eigenvalue weighted by Gasteiger charge is -1.79. The molecule has 0 aliphatic heterocycles. The van der Waals surface area contributed by atoms with Gasteiger partial charge in [0.1, 0.15) is 0 Å². The predicted molar refractivity (Wildman–Crippen MR) is 31.3 cm³/mol. The second-order valence-electron chi connectivity index (χ2n) is 1.56. The summed E-state index contributed by atoms with van der Waals surface area (Å²) in [5.41, 5.74) is 0. The fourth-order valence-corrected chi connectivity index (χ4v) is 0.494. The van der Waals surface area contributed by atoms with Crippen LogP contribution in [0.4, 0.5) is 0 Å². The molecular weight excluding hydrogens is 108 g/mol. The molecule has 3 heteroatoms. The molecule has 1 N–H and O–H groups in total. The van der Waals surface area contributed by atoms with Gasteiger partial charge < -0.3 is 5.11 Å². The van der Waals surface area contributed by atoms with Crippen molar-refractivity contribution < 1.29 is 9.90 Å². The van der Waals surface area contributed by atoms with Gasteiger partial charge in [0.05, 0.1) is 0 Å². The van der Waals surface area contributed by atoms with Gasteiger partial charge in [-0.1, -0.05) is 5.20 Å². The zero-order chi connectivity index (χ0) is 5.86. The van der Waals surface area contributed by atoms with E-state index in [4.69, 9.17) is 5.11 Å². The van der Waals surface area contributed by atoms with E-state index in [1.165, 1.54) is 6.08 Å². The molecule has 0 aliphatic carbocycles. The molecule has 0 aromatic heterocycles. The highest BCUT2D eigenvalue weighted by Crippen LogP contribution is 1.79. The molecule has 0 heterocycles. The fraction of sp³-hybridized carbons (Fsp3) is 0.250. The Morgan fingerprint density at radius 2 is 2.29 bits per heavy atom. The number of hydrogen-bond donors (Lipinski definition) is 1. The molecular formula is C4H8O2Si. The van der Waals surface area contributed by atoms with E-state index >= 15 is 0 Å². The highest BCUT2D eigenvalue weighted by molar-refractivity contribution is 6.22. The molecule has 0 aromatic rings. The maximum atomic E-state index is 9.76. The summed E-state index contributed by atoms with van der Waals surface area (Å²) in [5.74, 6) is -0.840. The van der Waals surface area contributed by atoms with E-state index in [9.17, 15) is 4.79 Å². The number of carboxylic acids is 1. The molecule has 0 fully saturated rings.